The summed E-state index contributed by atoms with van der Waals surface area (Å²) in [7, 11) is 0. The maximum absolute atomic E-state index is 5.73. The quantitative estimate of drug-likeness (QED) is 0.352. The topological polar surface area (TPSA) is 57.1 Å². The average Bonchev–Trinajstić information content (AvgIpc) is 2.57. The number of hydrogen-bond donors (Lipinski definition) is 0. The molecule has 24 heavy (non-hydrogen) atoms. The lowest BCUT2D eigenvalue weighted by Gasteiger charge is -2.09. The van der Waals surface area contributed by atoms with Crippen molar-refractivity contribution >= 4 is 63.7 Å². The minimum atomic E-state index is 0.268. The highest BCUT2D eigenvalue weighted by atomic mass is 79.9. The van der Waals surface area contributed by atoms with Crippen LogP contribution in [0.25, 0.3) is 0 Å². The fraction of sp³-hybridized carbons (Fsp3) is 0. The van der Waals surface area contributed by atoms with Gasteiger partial charge in [-0.05, 0) is 93.2 Å². The molecule has 0 spiro atoms. The monoisotopic (exact) mass is 577 g/mol. The first kappa shape index (κ1) is 17.8. The first-order chi connectivity index (χ1) is 11.5. The Hall–Kier alpha value is -1.03. The minimum absolute atomic E-state index is 0.268. The molecule has 122 valence electrons. The summed E-state index contributed by atoms with van der Waals surface area (Å²) in [6, 6.07) is 12.7. The van der Waals surface area contributed by atoms with E-state index in [2.05, 4.69) is 79.1 Å². The highest BCUT2D eigenvalue weighted by Gasteiger charge is 2.11. The molecule has 0 aliphatic heterocycles. The first-order valence-corrected chi connectivity index (χ1v) is 9.66. The third-order valence-electron chi connectivity index (χ3n) is 2.79. The Bertz CT molecular complexity index is 824. The molecule has 3 aromatic rings. The molecule has 9 heteroatoms. The van der Waals surface area contributed by atoms with Crippen LogP contribution in [0.5, 0.6) is 23.3 Å². The number of benzene rings is 2. The summed E-state index contributed by atoms with van der Waals surface area (Å²) in [5.41, 5.74) is 0. The van der Waals surface area contributed by atoms with Gasteiger partial charge in [-0.25, -0.2) is 0 Å². The second kappa shape index (κ2) is 7.90. The second-order valence-electron chi connectivity index (χ2n) is 4.42. The van der Waals surface area contributed by atoms with Crippen LogP contribution in [-0.4, -0.2) is 15.4 Å². The van der Waals surface area contributed by atoms with Gasteiger partial charge < -0.3 is 9.47 Å². The number of hydrogen-bond acceptors (Lipinski definition) is 5. The van der Waals surface area contributed by atoms with Crippen molar-refractivity contribution < 1.29 is 9.47 Å². The van der Waals surface area contributed by atoms with Crippen LogP contribution in [0.1, 0.15) is 0 Å². The maximum Gasteiger partial charge on any atom is 0.246 e. The lowest BCUT2D eigenvalue weighted by Crippen LogP contribution is -1.97. The third-order valence-corrected chi connectivity index (χ3v) is 6.82. The molecule has 0 fully saturated rings. The maximum atomic E-state index is 5.73. The summed E-state index contributed by atoms with van der Waals surface area (Å²) in [5.74, 6) is 1.73. The van der Waals surface area contributed by atoms with Crippen molar-refractivity contribution in [1.29, 1.82) is 0 Å². The molecule has 0 aliphatic carbocycles. The molecule has 0 unspecified atom stereocenters. The van der Waals surface area contributed by atoms with Crippen LogP contribution in [0.3, 0.4) is 0 Å². The zero-order valence-corrected chi connectivity index (χ0v) is 18.1. The van der Waals surface area contributed by atoms with Crippen molar-refractivity contribution in [1.82, 2.24) is 15.4 Å². The Morgan fingerprint density at radius 1 is 0.667 bits per heavy atom. The van der Waals surface area contributed by atoms with E-state index in [1.54, 1.807) is 6.07 Å². The molecule has 3 rings (SSSR count). The number of aromatic nitrogens is 3. The van der Waals surface area contributed by atoms with Crippen molar-refractivity contribution in [3.05, 3.63) is 60.4 Å². The van der Waals surface area contributed by atoms with Gasteiger partial charge in [-0.15, -0.1) is 0 Å². The summed E-state index contributed by atoms with van der Waals surface area (Å²) >= 11 is 13.7. The molecule has 0 amide bonds. The van der Waals surface area contributed by atoms with E-state index in [9.17, 15) is 0 Å². The largest absolute Gasteiger partial charge is 0.436 e. The van der Waals surface area contributed by atoms with E-state index in [4.69, 9.17) is 9.47 Å². The molecule has 0 radical (unpaired) electrons. The molecule has 1 heterocycles. The van der Waals surface area contributed by atoms with Gasteiger partial charge in [-0.1, -0.05) is 22.3 Å². The van der Waals surface area contributed by atoms with Gasteiger partial charge in [-0.3, -0.25) is 0 Å². The second-order valence-corrected chi connectivity index (χ2v) is 7.71. The van der Waals surface area contributed by atoms with Gasteiger partial charge in [-0.2, -0.15) is 0 Å². The third kappa shape index (κ3) is 4.14. The molecule has 0 N–H and O–H groups in total. The molecular weight excluding hydrogens is 574 g/mol. The summed E-state index contributed by atoms with van der Waals surface area (Å²) in [5, 5.41) is 11.4. The van der Waals surface area contributed by atoms with Crippen LogP contribution < -0.4 is 9.47 Å². The lowest BCUT2D eigenvalue weighted by atomic mass is 10.3. The lowest BCUT2D eigenvalue weighted by molar-refractivity contribution is 0.413. The van der Waals surface area contributed by atoms with Crippen LogP contribution in [0.15, 0.2) is 60.4 Å². The van der Waals surface area contributed by atoms with Gasteiger partial charge in [0.25, 0.3) is 0 Å². The first-order valence-electron chi connectivity index (χ1n) is 6.49. The molecule has 0 aliphatic rings. The van der Waals surface area contributed by atoms with E-state index in [1.165, 1.54) is 0 Å². The number of rotatable bonds is 4. The Balaban J connectivity index is 1.84. The van der Waals surface area contributed by atoms with Gasteiger partial charge in [0.1, 0.15) is 11.5 Å². The molecule has 0 atom stereocenters. The van der Waals surface area contributed by atoms with Gasteiger partial charge in [0, 0.05) is 8.95 Å². The smallest absolute Gasteiger partial charge is 0.246 e. The van der Waals surface area contributed by atoms with Crippen molar-refractivity contribution in [2.75, 3.05) is 0 Å². The number of nitrogens with zero attached hydrogens (tertiary/aromatic N) is 3. The molecule has 1 aromatic heterocycles. The molecule has 0 saturated carbocycles. The summed E-state index contributed by atoms with van der Waals surface area (Å²) in [4.78, 5) is 0. The van der Waals surface area contributed by atoms with Gasteiger partial charge >= 0.3 is 0 Å². The fourth-order valence-corrected chi connectivity index (χ4v) is 3.11. The standard InChI is InChI=1S/C15H7Br4N3O2/c16-8-3-1-5-10(14(8)18)23-12-7-13(21-22-20-12)24-11-6-2-4-9(17)15(11)19/h1-7H. The predicted octanol–water partition coefficient (Wildman–Crippen LogP) is 6.51. The minimum Gasteiger partial charge on any atom is -0.436 e. The average molecular weight is 581 g/mol. The van der Waals surface area contributed by atoms with Crippen LogP contribution in [0, 0.1) is 0 Å². The zero-order valence-electron chi connectivity index (χ0n) is 11.7. The Labute approximate surface area is 171 Å². The van der Waals surface area contributed by atoms with Crippen LogP contribution >= 0.6 is 63.7 Å². The van der Waals surface area contributed by atoms with E-state index in [0.29, 0.717) is 11.5 Å². The van der Waals surface area contributed by atoms with Crippen molar-refractivity contribution in [3.63, 3.8) is 0 Å². The van der Waals surface area contributed by atoms with Crippen molar-refractivity contribution in [2.24, 2.45) is 0 Å². The van der Waals surface area contributed by atoms with E-state index in [1.807, 2.05) is 36.4 Å². The molecule has 2 aromatic carbocycles. The number of halogens is 4. The number of ether oxygens (including phenoxy) is 2. The van der Waals surface area contributed by atoms with Crippen LogP contribution in [-0.2, 0) is 0 Å². The van der Waals surface area contributed by atoms with Crippen molar-refractivity contribution in [3.8, 4) is 23.3 Å². The molecule has 0 saturated heterocycles. The van der Waals surface area contributed by atoms with E-state index in [-0.39, 0.29) is 11.8 Å². The highest BCUT2D eigenvalue weighted by molar-refractivity contribution is 9.13. The van der Waals surface area contributed by atoms with E-state index in [0.717, 1.165) is 17.9 Å². The van der Waals surface area contributed by atoms with E-state index < -0.39 is 0 Å². The molecular formula is C15H7Br4N3O2. The van der Waals surface area contributed by atoms with Gasteiger partial charge in [0.05, 0.1) is 15.0 Å². The van der Waals surface area contributed by atoms with Crippen LogP contribution in [0.2, 0.25) is 0 Å². The van der Waals surface area contributed by atoms with Gasteiger partial charge in [0.15, 0.2) is 0 Å². The Morgan fingerprint density at radius 2 is 1.12 bits per heavy atom. The molecule has 5 nitrogen and oxygen atoms in total. The zero-order chi connectivity index (χ0) is 17.1. The highest BCUT2D eigenvalue weighted by Crippen LogP contribution is 2.37. The normalized spacial score (nSPS) is 10.5. The summed E-state index contributed by atoms with van der Waals surface area (Å²) < 4.78 is 14.8. The summed E-state index contributed by atoms with van der Waals surface area (Å²) in [6.07, 6.45) is 0. The van der Waals surface area contributed by atoms with E-state index >= 15 is 0 Å². The SMILES string of the molecule is Brc1cccc(Oc2cc(Oc3cccc(Br)c3Br)nnn2)c1Br. The fourth-order valence-electron chi connectivity index (χ4n) is 1.72. The summed E-state index contributed by atoms with van der Waals surface area (Å²) in [6.45, 7) is 0. The predicted molar refractivity (Wildman–Crippen MR) is 104 cm³/mol. The Kier molecular flexibility index (Phi) is 5.85. The van der Waals surface area contributed by atoms with Gasteiger partial charge in [0.2, 0.25) is 11.8 Å². The van der Waals surface area contributed by atoms with Crippen molar-refractivity contribution in [2.45, 2.75) is 0 Å². The van der Waals surface area contributed by atoms with Crippen LogP contribution in [0.4, 0.5) is 0 Å². The molecule has 0 bridgehead atoms. The Morgan fingerprint density at radius 3 is 1.58 bits per heavy atom.